The van der Waals surface area contributed by atoms with Crippen LogP contribution in [-0.4, -0.2) is 4.92 Å². The highest BCUT2D eigenvalue weighted by molar-refractivity contribution is 5.64. The van der Waals surface area contributed by atoms with E-state index in [0.717, 1.165) is 11.1 Å². The molecule has 0 spiro atoms. The molecule has 0 aromatic heterocycles. The first-order valence-corrected chi connectivity index (χ1v) is 6.78. The van der Waals surface area contributed by atoms with Crippen molar-refractivity contribution in [2.75, 3.05) is 5.32 Å². The smallest absolute Gasteiger partial charge is 0.293 e. The van der Waals surface area contributed by atoms with Gasteiger partial charge < -0.3 is 10.1 Å². The average Bonchev–Trinajstić information content (AvgIpc) is 3.00. The highest BCUT2D eigenvalue weighted by atomic mass is 16.6. The third-order valence-electron chi connectivity index (χ3n) is 3.59. The van der Waals surface area contributed by atoms with Gasteiger partial charge in [0.15, 0.2) is 0 Å². The number of rotatable bonds is 4. The second kappa shape index (κ2) is 5.84. The molecule has 0 fully saturated rings. The van der Waals surface area contributed by atoms with Gasteiger partial charge in [-0.1, -0.05) is 18.2 Å². The van der Waals surface area contributed by atoms with Gasteiger partial charge in [0, 0.05) is 12.6 Å². The molecular formula is C16H13N3O3. The van der Waals surface area contributed by atoms with Crippen LogP contribution in [0.1, 0.15) is 22.3 Å². The Labute approximate surface area is 127 Å². The second-order valence-corrected chi connectivity index (χ2v) is 5.05. The Hall–Kier alpha value is -2.91. The van der Waals surface area contributed by atoms with E-state index in [9.17, 15) is 10.1 Å². The highest BCUT2D eigenvalue weighted by Crippen LogP contribution is 2.26. The van der Waals surface area contributed by atoms with Gasteiger partial charge in [-0.05, 0) is 28.8 Å². The quantitative estimate of drug-likeness (QED) is 0.691. The normalized spacial score (nSPS) is 12.5. The molecule has 110 valence electrons. The van der Waals surface area contributed by atoms with E-state index < -0.39 is 4.92 Å². The maximum absolute atomic E-state index is 11.1. The van der Waals surface area contributed by atoms with E-state index in [1.807, 2.05) is 24.3 Å². The summed E-state index contributed by atoms with van der Waals surface area (Å²) in [7, 11) is 0. The van der Waals surface area contributed by atoms with E-state index in [1.54, 1.807) is 12.1 Å². The van der Waals surface area contributed by atoms with Gasteiger partial charge in [0.1, 0.15) is 5.69 Å². The van der Waals surface area contributed by atoms with Crippen LogP contribution in [0.2, 0.25) is 0 Å². The molecule has 0 radical (unpaired) electrons. The molecule has 2 aromatic rings. The standard InChI is InChI=1S/C16H13N3O3/c17-7-11-2-4-15(16(6-11)19(20)21)18-8-12-1-3-13-9-22-10-14(13)5-12/h1-6,18H,8-10H2. The van der Waals surface area contributed by atoms with Crippen molar-refractivity contribution in [3.8, 4) is 6.07 Å². The van der Waals surface area contributed by atoms with E-state index in [-0.39, 0.29) is 11.3 Å². The number of fused-ring (bicyclic) bond motifs is 1. The molecule has 0 unspecified atom stereocenters. The van der Waals surface area contributed by atoms with Crippen molar-refractivity contribution < 1.29 is 9.66 Å². The van der Waals surface area contributed by atoms with Crippen molar-refractivity contribution in [1.29, 1.82) is 5.26 Å². The third kappa shape index (κ3) is 2.75. The number of nitriles is 1. The van der Waals surface area contributed by atoms with Crippen LogP contribution >= 0.6 is 0 Å². The SMILES string of the molecule is N#Cc1ccc(NCc2ccc3c(c2)COC3)c([N+](=O)[O-])c1. The van der Waals surface area contributed by atoms with Crippen LogP contribution in [0.15, 0.2) is 36.4 Å². The van der Waals surface area contributed by atoms with Crippen LogP contribution in [0.5, 0.6) is 0 Å². The lowest BCUT2D eigenvalue weighted by atomic mass is 10.1. The molecule has 0 aliphatic carbocycles. The lowest BCUT2D eigenvalue weighted by Crippen LogP contribution is -2.03. The maximum Gasteiger partial charge on any atom is 0.293 e. The Morgan fingerprint density at radius 3 is 2.82 bits per heavy atom. The first-order chi connectivity index (χ1) is 10.7. The summed E-state index contributed by atoms with van der Waals surface area (Å²) < 4.78 is 5.37. The van der Waals surface area contributed by atoms with Gasteiger partial charge in [0.2, 0.25) is 0 Å². The fourth-order valence-electron chi connectivity index (χ4n) is 2.43. The van der Waals surface area contributed by atoms with Crippen molar-refractivity contribution in [2.45, 2.75) is 19.8 Å². The van der Waals surface area contributed by atoms with Crippen LogP contribution in [0.3, 0.4) is 0 Å². The molecule has 0 saturated heterocycles. The molecule has 2 aromatic carbocycles. The fraction of sp³-hybridized carbons (Fsp3) is 0.188. The van der Waals surface area contributed by atoms with Gasteiger partial charge in [0.25, 0.3) is 5.69 Å². The van der Waals surface area contributed by atoms with Gasteiger partial charge >= 0.3 is 0 Å². The summed E-state index contributed by atoms with van der Waals surface area (Å²) in [6, 6.07) is 12.4. The maximum atomic E-state index is 11.1. The zero-order valence-corrected chi connectivity index (χ0v) is 11.7. The number of anilines is 1. The Balaban J connectivity index is 1.79. The molecule has 6 nitrogen and oxygen atoms in total. The molecule has 1 aliphatic heterocycles. The van der Waals surface area contributed by atoms with E-state index in [2.05, 4.69) is 5.32 Å². The number of hydrogen-bond acceptors (Lipinski definition) is 5. The third-order valence-corrected chi connectivity index (χ3v) is 3.59. The largest absolute Gasteiger partial charge is 0.375 e. The summed E-state index contributed by atoms with van der Waals surface area (Å²) in [5.41, 5.74) is 3.96. The minimum Gasteiger partial charge on any atom is -0.375 e. The summed E-state index contributed by atoms with van der Waals surface area (Å²) in [6.07, 6.45) is 0. The van der Waals surface area contributed by atoms with Crippen molar-refractivity contribution in [3.05, 3.63) is 68.8 Å². The summed E-state index contributed by atoms with van der Waals surface area (Å²) in [6.45, 7) is 1.73. The number of nitrogens with one attached hydrogen (secondary N) is 1. The number of nitro groups is 1. The van der Waals surface area contributed by atoms with E-state index in [4.69, 9.17) is 10.00 Å². The Bertz CT molecular complexity index is 781. The Morgan fingerprint density at radius 2 is 2.05 bits per heavy atom. The van der Waals surface area contributed by atoms with E-state index in [1.165, 1.54) is 11.6 Å². The molecule has 1 aliphatic rings. The Morgan fingerprint density at radius 1 is 1.23 bits per heavy atom. The first-order valence-electron chi connectivity index (χ1n) is 6.78. The van der Waals surface area contributed by atoms with Crippen LogP contribution in [-0.2, 0) is 24.5 Å². The molecule has 1 N–H and O–H groups in total. The number of benzene rings is 2. The fourth-order valence-corrected chi connectivity index (χ4v) is 2.43. The summed E-state index contributed by atoms with van der Waals surface area (Å²) in [5.74, 6) is 0. The molecule has 6 heteroatoms. The summed E-state index contributed by atoms with van der Waals surface area (Å²) in [5, 5.41) is 23.0. The molecule has 22 heavy (non-hydrogen) atoms. The minimum atomic E-state index is -0.486. The number of nitrogens with zero attached hydrogens (tertiary/aromatic N) is 2. The van der Waals surface area contributed by atoms with Gasteiger partial charge in [0.05, 0.1) is 29.8 Å². The van der Waals surface area contributed by atoms with Crippen molar-refractivity contribution in [1.82, 2.24) is 0 Å². The first kappa shape index (κ1) is 14.0. The van der Waals surface area contributed by atoms with E-state index >= 15 is 0 Å². The van der Waals surface area contributed by atoms with Crippen LogP contribution in [0.25, 0.3) is 0 Å². The van der Waals surface area contributed by atoms with Crippen molar-refractivity contribution >= 4 is 11.4 Å². The lowest BCUT2D eigenvalue weighted by molar-refractivity contribution is -0.384. The summed E-state index contributed by atoms with van der Waals surface area (Å²) in [4.78, 5) is 10.6. The van der Waals surface area contributed by atoms with Crippen molar-refractivity contribution in [3.63, 3.8) is 0 Å². The predicted molar refractivity (Wildman–Crippen MR) is 80.1 cm³/mol. The molecular weight excluding hydrogens is 282 g/mol. The van der Waals surface area contributed by atoms with Gasteiger partial charge in [-0.25, -0.2) is 0 Å². The van der Waals surface area contributed by atoms with Crippen molar-refractivity contribution in [2.24, 2.45) is 0 Å². The molecule has 0 atom stereocenters. The highest BCUT2D eigenvalue weighted by Gasteiger charge is 2.15. The molecule has 1 heterocycles. The lowest BCUT2D eigenvalue weighted by Gasteiger charge is -2.08. The van der Waals surface area contributed by atoms with Crippen LogP contribution in [0, 0.1) is 21.4 Å². The number of nitro benzene ring substituents is 1. The van der Waals surface area contributed by atoms with Gasteiger partial charge in [-0.2, -0.15) is 5.26 Å². The number of ether oxygens (including phenoxy) is 1. The Kier molecular flexibility index (Phi) is 3.73. The van der Waals surface area contributed by atoms with Crippen LogP contribution in [0.4, 0.5) is 11.4 Å². The molecule has 3 rings (SSSR count). The van der Waals surface area contributed by atoms with Gasteiger partial charge in [-0.3, -0.25) is 10.1 Å². The zero-order chi connectivity index (χ0) is 15.5. The monoisotopic (exact) mass is 295 g/mol. The molecule has 0 bridgehead atoms. The number of hydrogen-bond donors (Lipinski definition) is 1. The minimum absolute atomic E-state index is 0.0939. The zero-order valence-electron chi connectivity index (χ0n) is 11.7. The topological polar surface area (TPSA) is 88.2 Å². The molecule has 0 amide bonds. The van der Waals surface area contributed by atoms with E-state index in [0.29, 0.717) is 25.4 Å². The van der Waals surface area contributed by atoms with Crippen LogP contribution < -0.4 is 5.32 Å². The predicted octanol–water partition coefficient (Wildman–Crippen LogP) is 3.11. The second-order valence-electron chi connectivity index (χ2n) is 5.05. The summed E-state index contributed by atoms with van der Waals surface area (Å²) >= 11 is 0. The average molecular weight is 295 g/mol. The molecule has 0 saturated carbocycles. The van der Waals surface area contributed by atoms with Gasteiger partial charge in [-0.15, -0.1) is 0 Å².